The maximum atomic E-state index is 13.5. The Kier molecular flexibility index (Phi) is 7.56. The SMILES string of the molecule is COc1ccc(S(=O)(=O)N(Cc2ccccc2)[C@@H](C(=O)NO[11CH3])C(C)C)cc1. The number of benzene rings is 2. The molecule has 0 spiro atoms. The van der Waals surface area contributed by atoms with Crippen molar-refractivity contribution in [3.05, 3.63) is 60.2 Å². The molecule has 2 aromatic carbocycles. The van der Waals surface area contributed by atoms with Crippen LogP contribution in [0.2, 0.25) is 0 Å². The fourth-order valence-corrected chi connectivity index (χ4v) is 4.61. The molecule has 7 nitrogen and oxygen atoms in total. The lowest BCUT2D eigenvalue weighted by atomic mass is 10.0. The van der Waals surface area contributed by atoms with Gasteiger partial charge >= 0.3 is 0 Å². The third kappa shape index (κ3) is 5.09. The van der Waals surface area contributed by atoms with E-state index in [2.05, 4.69) is 5.48 Å². The van der Waals surface area contributed by atoms with Crippen LogP contribution in [-0.4, -0.2) is 38.9 Å². The van der Waals surface area contributed by atoms with Gasteiger partial charge in [-0.05, 0) is 35.7 Å². The molecule has 0 aliphatic carbocycles. The highest BCUT2D eigenvalue weighted by Gasteiger charge is 2.38. The van der Waals surface area contributed by atoms with Gasteiger partial charge in [-0.2, -0.15) is 4.31 Å². The van der Waals surface area contributed by atoms with E-state index in [9.17, 15) is 13.2 Å². The number of carbonyl (C=O) groups is 1. The Bertz CT molecular complexity index is 867. The molecule has 0 aliphatic heterocycles. The number of hydrogen-bond donors (Lipinski definition) is 1. The molecular formula is C20H26N2O5S. The first-order valence-electron chi connectivity index (χ1n) is 8.84. The highest BCUT2D eigenvalue weighted by molar-refractivity contribution is 7.89. The highest BCUT2D eigenvalue weighted by Crippen LogP contribution is 2.26. The maximum absolute atomic E-state index is 13.5. The van der Waals surface area contributed by atoms with Crippen LogP contribution < -0.4 is 10.2 Å². The van der Waals surface area contributed by atoms with E-state index < -0.39 is 22.0 Å². The zero-order chi connectivity index (χ0) is 20.7. The summed E-state index contributed by atoms with van der Waals surface area (Å²) in [5, 5.41) is 0. The van der Waals surface area contributed by atoms with Crippen molar-refractivity contribution in [2.24, 2.45) is 5.92 Å². The standard InChI is InChI=1S/C20H26N2O5S/c1-15(2)19(20(23)21-27-4)22(14-16-8-6-5-7-9-16)28(24,25)18-12-10-17(26-3)11-13-18/h5-13,15,19H,14H2,1-4H3,(H,21,23)/t19-/m1/s1/i4-1. The summed E-state index contributed by atoms with van der Waals surface area (Å²) in [4.78, 5) is 17.5. The van der Waals surface area contributed by atoms with E-state index in [0.717, 1.165) is 5.56 Å². The van der Waals surface area contributed by atoms with E-state index in [1.54, 1.807) is 26.0 Å². The molecule has 0 heterocycles. The van der Waals surface area contributed by atoms with Crippen molar-refractivity contribution in [1.29, 1.82) is 0 Å². The van der Waals surface area contributed by atoms with Crippen LogP contribution >= 0.6 is 0 Å². The van der Waals surface area contributed by atoms with E-state index in [1.165, 1.54) is 30.7 Å². The van der Waals surface area contributed by atoms with Gasteiger partial charge in [-0.3, -0.25) is 9.63 Å². The summed E-state index contributed by atoms with van der Waals surface area (Å²) in [6.45, 7) is 3.64. The Labute approximate surface area is 166 Å². The molecule has 0 saturated carbocycles. The monoisotopic (exact) mass is 405 g/mol. The fraction of sp³-hybridized carbons (Fsp3) is 0.350. The number of hydroxylamine groups is 1. The first-order chi connectivity index (χ1) is 13.3. The van der Waals surface area contributed by atoms with Crippen molar-refractivity contribution < 1.29 is 22.8 Å². The van der Waals surface area contributed by atoms with Gasteiger partial charge in [0.1, 0.15) is 11.8 Å². The second-order valence-electron chi connectivity index (χ2n) is 6.57. The van der Waals surface area contributed by atoms with Crippen LogP contribution in [0.4, 0.5) is 0 Å². The molecule has 28 heavy (non-hydrogen) atoms. The number of sulfonamides is 1. The predicted molar refractivity (Wildman–Crippen MR) is 106 cm³/mol. The lowest BCUT2D eigenvalue weighted by Crippen LogP contribution is -2.51. The maximum Gasteiger partial charge on any atom is 0.262 e. The van der Waals surface area contributed by atoms with E-state index >= 15 is 0 Å². The summed E-state index contributed by atoms with van der Waals surface area (Å²) in [5.74, 6) is -0.261. The van der Waals surface area contributed by atoms with Crippen LogP contribution in [0.3, 0.4) is 0 Å². The molecule has 2 rings (SSSR count). The quantitative estimate of drug-likeness (QED) is 0.648. The molecule has 0 radical (unpaired) electrons. The normalized spacial score (nSPS) is 12.8. The van der Waals surface area contributed by atoms with Gasteiger partial charge in [0, 0.05) is 6.54 Å². The molecule has 0 bridgehead atoms. The first-order valence-corrected chi connectivity index (χ1v) is 10.3. The second-order valence-corrected chi connectivity index (χ2v) is 8.46. The molecular weight excluding hydrogens is 379 g/mol. The molecule has 1 atom stereocenters. The van der Waals surface area contributed by atoms with Crippen LogP contribution in [0.5, 0.6) is 5.75 Å². The second kappa shape index (κ2) is 9.68. The third-order valence-corrected chi connectivity index (χ3v) is 6.10. The van der Waals surface area contributed by atoms with E-state index in [-0.39, 0.29) is 17.4 Å². The Hall–Kier alpha value is -2.42. The molecule has 0 aromatic heterocycles. The molecule has 0 fully saturated rings. The number of nitrogens with zero attached hydrogens (tertiary/aromatic N) is 1. The molecule has 2 aromatic rings. The average Bonchev–Trinajstić information content (AvgIpc) is 2.68. The summed E-state index contributed by atoms with van der Waals surface area (Å²) in [6, 6.07) is 14.3. The van der Waals surface area contributed by atoms with Gasteiger partial charge in [0.25, 0.3) is 5.91 Å². The van der Waals surface area contributed by atoms with Crippen molar-refractivity contribution in [2.45, 2.75) is 31.3 Å². The minimum Gasteiger partial charge on any atom is -0.497 e. The lowest BCUT2D eigenvalue weighted by Gasteiger charge is -2.32. The third-order valence-electron chi connectivity index (χ3n) is 4.26. The Morgan fingerprint density at radius 2 is 1.64 bits per heavy atom. The van der Waals surface area contributed by atoms with Gasteiger partial charge in [0.05, 0.1) is 19.1 Å². The number of amides is 1. The van der Waals surface area contributed by atoms with Gasteiger partial charge in [-0.15, -0.1) is 0 Å². The van der Waals surface area contributed by atoms with Gasteiger partial charge < -0.3 is 4.74 Å². The average molecular weight is 406 g/mol. The van der Waals surface area contributed by atoms with Crippen LogP contribution in [0.15, 0.2) is 59.5 Å². The van der Waals surface area contributed by atoms with Gasteiger partial charge in [-0.1, -0.05) is 44.2 Å². The van der Waals surface area contributed by atoms with Gasteiger partial charge in [0.15, 0.2) is 0 Å². The summed E-state index contributed by atoms with van der Waals surface area (Å²) >= 11 is 0. The Balaban J connectivity index is 2.52. The predicted octanol–water partition coefficient (Wildman–Crippen LogP) is 2.59. The van der Waals surface area contributed by atoms with Gasteiger partial charge in [-0.25, -0.2) is 13.9 Å². The van der Waals surface area contributed by atoms with Crippen molar-refractivity contribution in [3.63, 3.8) is 0 Å². The lowest BCUT2D eigenvalue weighted by molar-refractivity contribution is -0.136. The van der Waals surface area contributed by atoms with E-state index in [4.69, 9.17) is 9.57 Å². The molecule has 8 heteroatoms. The molecule has 152 valence electrons. The number of nitrogens with one attached hydrogen (secondary N) is 1. The number of methoxy groups -OCH3 is 1. The first kappa shape index (κ1) is 21.9. The molecule has 1 N–H and O–H groups in total. The van der Waals surface area contributed by atoms with Crippen LogP contribution in [0, 0.1) is 5.92 Å². The summed E-state index contributed by atoms with van der Waals surface area (Å²) in [7, 11) is -1.15. The van der Waals surface area contributed by atoms with Crippen molar-refractivity contribution in [3.8, 4) is 5.75 Å². The summed E-state index contributed by atoms with van der Waals surface area (Å²) in [5.41, 5.74) is 3.04. The van der Waals surface area contributed by atoms with E-state index in [1.807, 2.05) is 30.3 Å². The highest BCUT2D eigenvalue weighted by atomic mass is 32.2. The Morgan fingerprint density at radius 1 is 1.04 bits per heavy atom. The molecule has 0 aliphatic rings. The molecule has 0 unspecified atom stereocenters. The number of carbonyl (C=O) groups excluding carboxylic acids is 1. The Morgan fingerprint density at radius 3 is 2.14 bits per heavy atom. The summed E-state index contributed by atoms with van der Waals surface area (Å²) < 4.78 is 33.2. The van der Waals surface area contributed by atoms with Crippen LogP contribution in [0.25, 0.3) is 0 Å². The number of ether oxygens (including phenoxy) is 1. The van der Waals surface area contributed by atoms with Crippen molar-refractivity contribution in [1.82, 2.24) is 9.79 Å². The minimum atomic E-state index is -3.97. The van der Waals surface area contributed by atoms with Crippen LogP contribution in [0.1, 0.15) is 19.4 Å². The van der Waals surface area contributed by atoms with E-state index in [0.29, 0.717) is 5.75 Å². The summed E-state index contributed by atoms with van der Waals surface area (Å²) in [6.07, 6.45) is 0. The number of rotatable bonds is 9. The van der Waals surface area contributed by atoms with Gasteiger partial charge in [0.2, 0.25) is 10.0 Å². The molecule has 0 saturated heterocycles. The zero-order valence-electron chi connectivity index (χ0n) is 16.5. The van der Waals surface area contributed by atoms with Crippen molar-refractivity contribution >= 4 is 15.9 Å². The van der Waals surface area contributed by atoms with Crippen molar-refractivity contribution in [2.75, 3.05) is 14.2 Å². The topological polar surface area (TPSA) is 84.9 Å². The number of hydrogen-bond acceptors (Lipinski definition) is 5. The van der Waals surface area contributed by atoms with Crippen LogP contribution in [-0.2, 0) is 26.2 Å². The zero-order valence-corrected chi connectivity index (χ0v) is 17.3. The fourth-order valence-electron chi connectivity index (χ4n) is 2.91. The largest absolute Gasteiger partial charge is 0.497 e. The molecule has 1 amide bonds. The smallest absolute Gasteiger partial charge is 0.262 e. The minimum absolute atomic E-state index is 0.0508.